The van der Waals surface area contributed by atoms with Crippen LogP contribution < -0.4 is 0 Å². The number of alkyl halides is 1. The van der Waals surface area contributed by atoms with Gasteiger partial charge in [0.1, 0.15) is 0 Å². The average molecular weight is 307 g/mol. The lowest BCUT2D eigenvalue weighted by Gasteiger charge is -2.24. The summed E-state index contributed by atoms with van der Waals surface area (Å²) in [4.78, 5) is 0.553. The molecule has 0 aliphatic heterocycles. The van der Waals surface area contributed by atoms with E-state index >= 15 is 0 Å². The minimum Gasteiger partial charge on any atom is -0.0838 e. The fraction of sp³-hybridized carbons (Fsp3) is 0.647. The Labute approximate surface area is 119 Å². The monoisotopic (exact) mass is 306 g/mol. The zero-order valence-corrected chi connectivity index (χ0v) is 13.1. The van der Waals surface area contributed by atoms with Crippen molar-refractivity contribution in [3.05, 3.63) is 34.4 Å². The first kappa shape index (κ1) is 12.7. The molecule has 1 aromatic rings. The van der Waals surface area contributed by atoms with Crippen molar-refractivity contribution in [2.45, 2.75) is 63.6 Å². The topological polar surface area (TPSA) is 0 Å². The summed E-state index contributed by atoms with van der Waals surface area (Å²) in [7, 11) is 0. The van der Waals surface area contributed by atoms with Crippen LogP contribution in [0.1, 0.15) is 66.6 Å². The summed E-state index contributed by atoms with van der Waals surface area (Å²) in [6, 6.07) is 5.05. The van der Waals surface area contributed by atoms with Gasteiger partial charge in [0.15, 0.2) is 0 Å². The Morgan fingerprint density at radius 3 is 2.39 bits per heavy atom. The lowest BCUT2D eigenvalue weighted by molar-refractivity contribution is 0.316. The molecule has 0 spiro atoms. The molecule has 0 fully saturated rings. The predicted octanol–water partition coefficient (Wildman–Crippen LogP) is 5.36. The van der Waals surface area contributed by atoms with Gasteiger partial charge < -0.3 is 0 Å². The lowest BCUT2D eigenvalue weighted by atomic mass is 9.84. The highest BCUT2D eigenvalue weighted by molar-refractivity contribution is 9.09. The first-order chi connectivity index (χ1) is 8.55. The Morgan fingerprint density at radius 2 is 1.67 bits per heavy atom. The maximum atomic E-state index is 3.94. The molecule has 18 heavy (non-hydrogen) atoms. The van der Waals surface area contributed by atoms with Crippen LogP contribution in [0, 0.1) is 5.41 Å². The van der Waals surface area contributed by atoms with Gasteiger partial charge in [-0.1, -0.05) is 41.9 Å². The molecular weight excluding hydrogens is 284 g/mol. The summed E-state index contributed by atoms with van der Waals surface area (Å²) >= 11 is 3.94. The van der Waals surface area contributed by atoms with Crippen molar-refractivity contribution in [2.75, 3.05) is 0 Å². The first-order valence-electron chi connectivity index (χ1n) is 7.34. The molecule has 98 valence electrons. The molecule has 0 saturated heterocycles. The van der Waals surface area contributed by atoms with Crippen LogP contribution in [0.5, 0.6) is 0 Å². The van der Waals surface area contributed by atoms with Crippen molar-refractivity contribution in [3.63, 3.8) is 0 Å². The summed E-state index contributed by atoms with van der Waals surface area (Å²) in [6.07, 6.45) is 9.21. The van der Waals surface area contributed by atoms with Crippen molar-refractivity contribution in [1.82, 2.24) is 0 Å². The number of aryl methyl sites for hydroxylation is 3. The summed E-state index contributed by atoms with van der Waals surface area (Å²) in [6.45, 7) is 4.82. The lowest BCUT2D eigenvalue weighted by Crippen LogP contribution is -2.11. The van der Waals surface area contributed by atoms with Crippen LogP contribution in [0.15, 0.2) is 12.1 Å². The molecule has 1 heteroatoms. The van der Waals surface area contributed by atoms with Crippen LogP contribution in [0.3, 0.4) is 0 Å². The number of fused-ring (bicyclic) bond motifs is 2. The minimum absolute atomic E-state index is 0.466. The van der Waals surface area contributed by atoms with Crippen LogP contribution in [0.2, 0.25) is 0 Å². The highest BCUT2D eigenvalue weighted by Crippen LogP contribution is 2.44. The number of hydrogen-bond acceptors (Lipinski definition) is 0. The maximum absolute atomic E-state index is 3.94. The van der Waals surface area contributed by atoms with Crippen molar-refractivity contribution in [3.8, 4) is 0 Å². The molecule has 3 rings (SSSR count). The quantitative estimate of drug-likeness (QED) is 0.447. The maximum Gasteiger partial charge on any atom is 0.0403 e. The number of rotatable bonds is 0. The van der Waals surface area contributed by atoms with Crippen LogP contribution in [0.4, 0.5) is 0 Å². The van der Waals surface area contributed by atoms with E-state index in [9.17, 15) is 0 Å². The third kappa shape index (κ3) is 2.39. The fourth-order valence-electron chi connectivity index (χ4n) is 3.53. The molecule has 2 aliphatic rings. The van der Waals surface area contributed by atoms with Gasteiger partial charge in [0.05, 0.1) is 0 Å². The van der Waals surface area contributed by atoms with Gasteiger partial charge in [-0.15, -0.1) is 0 Å². The Balaban J connectivity index is 2.02. The normalized spacial score (nSPS) is 26.1. The second-order valence-corrected chi connectivity index (χ2v) is 7.97. The Kier molecular flexibility index (Phi) is 3.30. The van der Waals surface area contributed by atoms with Gasteiger partial charge in [-0.2, -0.15) is 0 Å². The van der Waals surface area contributed by atoms with E-state index in [-0.39, 0.29) is 0 Å². The van der Waals surface area contributed by atoms with E-state index in [1.54, 1.807) is 22.3 Å². The Hall–Kier alpha value is -0.300. The van der Waals surface area contributed by atoms with Crippen molar-refractivity contribution >= 4 is 15.9 Å². The van der Waals surface area contributed by atoms with E-state index in [1.807, 2.05) is 0 Å². The zero-order valence-electron chi connectivity index (χ0n) is 11.6. The largest absolute Gasteiger partial charge is 0.0838 e. The molecule has 0 nitrogen and oxygen atoms in total. The Morgan fingerprint density at radius 1 is 1.00 bits per heavy atom. The number of halogens is 1. The molecule has 0 heterocycles. The summed E-state index contributed by atoms with van der Waals surface area (Å²) in [5.41, 5.74) is 6.93. The van der Waals surface area contributed by atoms with Gasteiger partial charge in [0, 0.05) is 4.83 Å². The van der Waals surface area contributed by atoms with Crippen LogP contribution in [-0.2, 0) is 19.3 Å². The molecule has 2 aliphatic carbocycles. The SMILES string of the molecule is CC1(C)CCc2cc3c(cc2C(Br)C1)CCCC3. The molecular formula is C17H23Br. The molecule has 0 saturated carbocycles. The van der Waals surface area contributed by atoms with Gasteiger partial charge >= 0.3 is 0 Å². The molecule has 1 unspecified atom stereocenters. The molecule has 1 atom stereocenters. The summed E-state index contributed by atoms with van der Waals surface area (Å²) in [5, 5.41) is 0. The highest BCUT2D eigenvalue weighted by atomic mass is 79.9. The van der Waals surface area contributed by atoms with Gasteiger partial charge in [-0.3, -0.25) is 0 Å². The second kappa shape index (κ2) is 4.67. The standard InChI is InChI=1S/C17H23Br/c1-17(2)8-7-14-9-12-5-3-4-6-13(12)10-15(14)16(18)11-17/h9-10,16H,3-8,11H2,1-2H3. The molecule has 0 aromatic heterocycles. The minimum atomic E-state index is 0.466. The molecule has 0 bridgehead atoms. The van der Waals surface area contributed by atoms with Crippen molar-refractivity contribution < 1.29 is 0 Å². The van der Waals surface area contributed by atoms with Gasteiger partial charge in [0.25, 0.3) is 0 Å². The van der Waals surface area contributed by atoms with Crippen molar-refractivity contribution in [1.29, 1.82) is 0 Å². The van der Waals surface area contributed by atoms with E-state index in [2.05, 4.69) is 41.9 Å². The smallest absolute Gasteiger partial charge is 0.0403 e. The third-order valence-corrected chi connectivity index (χ3v) is 5.56. The van der Waals surface area contributed by atoms with Crippen molar-refractivity contribution in [2.24, 2.45) is 5.41 Å². The highest BCUT2D eigenvalue weighted by Gasteiger charge is 2.29. The average Bonchev–Trinajstić information content (AvgIpc) is 2.44. The van der Waals surface area contributed by atoms with E-state index in [0.29, 0.717) is 10.2 Å². The second-order valence-electron chi connectivity index (χ2n) is 6.86. The summed E-state index contributed by atoms with van der Waals surface area (Å²) < 4.78 is 0. The molecule has 1 aromatic carbocycles. The fourth-order valence-corrected chi connectivity index (χ4v) is 4.84. The van der Waals surface area contributed by atoms with Crippen LogP contribution in [-0.4, -0.2) is 0 Å². The first-order valence-corrected chi connectivity index (χ1v) is 8.25. The summed E-state index contributed by atoms with van der Waals surface area (Å²) in [5.74, 6) is 0. The van der Waals surface area contributed by atoms with E-state index in [0.717, 1.165) is 0 Å². The van der Waals surface area contributed by atoms with Gasteiger partial charge in [-0.25, -0.2) is 0 Å². The van der Waals surface area contributed by atoms with E-state index in [1.165, 1.54) is 44.9 Å². The third-order valence-electron chi connectivity index (χ3n) is 4.74. The molecule has 0 radical (unpaired) electrons. The van der Waals surface area contributed by atoms with Crippen LogP contribution >= 0.6 is 15.9 Å². The zero-order chi connectivity index (χ0) is 12.8. The number of benzene rings is 1. The van der Waals surface area contributed by atoms with E-state index in [4.69, 9.17) is 0 Å². The Bertz CT molecular complexity index is 459. The van der Waals surface area contributed by atoms with Gasteiger partial charge in [-0.05, 0) is 72.6 Å². The molecule has 0 N–H and O–H groups in total. The number of hydrogen-bond donors (Lipinski definition) is 0. The molecule has 0 amide bonds. The van der Waals surface area contributed by atoms with Gasteiger partial charge in [0.2, 0.25) is 0 Å². The van der Waals surface area contributed by atoms with E-state index < -0.39 is 0 Å². The van der Waals surface area contributed by atoms with Crippen LogP contribution in [0.25, 0.3) is 0 Å². The predicted molar refractivity (Wildman–Crippen MR) is 81.5 cm³/mol.